The third-order valence-corrected chi connectivity index (χ3v) is 1.49. The van der Waals surface area contributed by atoms with Crippen molar-refractivity contribution in [3.05, 3.63) is 23.9 Å². The van der Waals surface area contributed by atoms with Gasteiger partial charge in [0.15, 0.2) is 0 Å². The minimum atomic E-state index is 0.147. The van der Waals surface area contributed by atoms with E-state index >= 15 is 0 Å². The molecule has 0 saturated heterocycles. The zero-order chi connectivity index (χ0) is 9.68. The number of amidine groups is 1. The number of hydrogen-bond donors (Lipinski definition) is 2. The van der Waals surface area contributed by atoms with Crippen molar-refractivity contribution in [1.29, 1.82) is 5.41 Å². The van der Waals surface area contributed by atoms with Gasteiger partial charge in [0, 0.05) is 18.7 Å². The van der Waals surface area contributed by atoms with E-state index in [1.165, 1.54) is 0 Å². The smallest absolute Gasteiger partial charge is 0.213 e. The van der Waals surface area contributed by atoms with E-state index in [9.17, 15) is 0 Å². The Balaban J connectivity index is 2.73. The lowest BCUT2D eigenvalue weighted by Crippen LogP contribution is -2.12. The normalized spacial score (nSPS) is 9.62. The molecule has 1 aromatic heterocycles. The molecule has 1 heterocycles. The van der Waals surface area contributed by atoms with Crippen LogP contribution in [0.2, 0.25) is 0 Å². The van der Waals surface area contributed by atoms with Crippen LogP contribution in [0.1, 0.15) is 12.5 Å². The van der Waals surface area contributed by atoms with Gasteiger partial charge in [0.2, 0.25) is 5.88 Å². The monoisotopic (exact) mass is 179 g/mol. The predicted molar refractivity (Wildman–Crippen MR) is 51.0 cm³/mol. The molecule has 0 aliphatic carbocycles. The summed E-state index contributed by atoms with van der Waals surface area (Å²) in [5.41, 5.74) is 6.22. The molecule has 0 aliphatic rings. The number of nitrogens with one attached hydrogen (secondary N) is 1. The molecule has 0 unspecified atom stereocenters. The highest BCUT2D eigenvalue weighted by Crippen LogP contribution is 2.09. The van der Waals surface area contributed by atoms with Crippen molar-refractivity contribution >= 4 is 5.84 Å². The molecule has 4 nitrogen and oxygen atoms in total. The number of hydrogen-bond acceptors (Lipinski definition) is 3. The van der Waals surface area contributed by atoms with Gasteiger partial charge in [0.05, 0.1) is 12.4 Å². The van der Waals surface area contributed by atoms with Crippen LogP contribution < -0.4 is 10.5 Å². The molecular weight excluding hydrogens is 166 g/mol. The molecule has 0 fully saturated rings. The Bertz CT molecular complexity index is 299. The summed E-state index contributed by atoms with van der Waals surface area (Å²) < 4.78 is 5.21. The van der Waals surface area contributed by atoms with E-state index in [4.69, 9.17) is 15.9 Å². The minimum Gasteiger partial charge on any atom is -0.478 e. The van der Waals surface area contributed by atoms with Crippen molar-refractivity contribution in [1.82, 2.24) is 4.98 Å². The predicted octanol–water partition coefficient (Wildman–Crippen LogP) is 0.959. The second kappa shape index (κ2) is 4.45. The molecular formula is C9H13N3O. The Morgan fingerprint density at radius 3 is 3.08 bits per heavy atom. The number of nitrogens with zero attached hydrogens (tertiary/aromatic N) is 1. The summed E-state index contributed by atoms with van der Waals surface area (Å²) in [6, 6.07) is 3.62. The van der Waals surface area contributed by atoms with Crippen molar-refractivity contribution < 1.29 is 4.74 Å². The first-order valence-corrected chi connectivity index (χ1v) is 4.13. The topological polar surface area (TPSA) is 72.0 Å². The molecule has 0 saturated carbocycles. The molecule has 0 radical (unpaired) electrons. The summed E-state index contributed by atoms with van der Waals surface area (Å²) in [6.07, 6.45) is 2.10. The molecule has 0 spiro atoms. The third-order valence-electron chi connectivity index (χ3n) is 1.49. The van der Waals surface area contributed by atoms with Crippen LogP contribution in [0, 0.1) is 5.41 Å². The molecule has 0 aromatic carbocycles. The number of nitrogens with two attached hydrogens (primary N) is 1. The van der Waals surface area contributed by atoms with Gasteiger partial charge in [-0.05, 0) is 18.6 Å². The highest BCUT2D eigenvalue weighted by molar-refractivity contribution is 5.79. The zero-order valence-corrected chi connectivity index (χ0v) is 7.58. The van der Waals surface area contributed by atoms with Gasteiger partial charge in [-0.25, -0.2) is 4.98 Å². The number of pyridine rings is 1. The Hall–Kier alpha value is -1.58. The SMILES string of the molecule is CCOc1cc(CC(=N)N)ccn1. The Morgan fingerprint density at radius 2 is 2.46 bits per heavy atom. The lowest BCUT2D eigenvalue weighted by atomic mass is 10.2. The highest BCUT2D eigenvalue weighted by Gasteiger charge is 1.98. The fraction of sp³-hybridized carbons (Fsp3) is 0.333. The zero-order valence-electron chi connectivity index (χ0n) is 7.58. The van der Waals surface area contributed by atoms with Crippen LogP contribution in [0.4, 0.5) is 0 Å². The van der Waals surface area contributed by atoms with E-state index in [-0.39, 0.29) is 5.84 Å². The average Bonchev–Trinajstić information content (AvgIpc) is 2.04. The average molecular weight is 179 g/mol. The summed E-state index contributed by atoms with van der Waals surface area (Å²) in [7, 11) is 0. The Morgan fingerprint density at radius 1 is 1.69 bits per heavy atom. The molecule has 13 heavy (non-hydrogen) atoms. The van der Waals surface area contributed by atoms with Crippen LogP contribution in [-0.2, 0) is 6.42 Å². The van der Waals surface area contributed by atoms with E-state index < -0.39 is 0 Å². The lowest BCUT2D eigenvalue weighted by molar-refractivity contribution is 0.326. The maximum atomic E-state index is 7.12. The summed E-state index contributed by atoms with van der Waals surface area (Å²) in [6.45, 7) is 2.50. The van der Waals surface area contributed by atoms with Gasteiger partial charge < -0.3 is 10.5 Å². The van der Waals surface area contributed by atoms with Gasteiger partial charge in [0.1, 0.15) is 0 Å². The largest absolute Gasteiger partial charge is 0.478 e. The quantitative estimate of drug-likeness (QED) is 0.534. The van der Waals surface area contributed by atoms with Gasteiger partial charge in [-0.1, -0.05) is 0 Å². The van der Waals surface area contributed by atoms with Gasteiger partial charge in [-0.2, -0.15) is 0 Å². The van der Waals surface area contributed by atoms with Crippen LogP contribution in [-0.4, -0.2) is 17.4 Å². The number of aromatic nitrogens is 1. The molecule has 1 rings (SSSR count). The summed E-state index contributed by atoms with van der Waals surface area (Å²) >= 11 is 0. The first kappa shape index (κ1) is 9.51. The summed E-state index contributed by atoms with van der Waals surface area (Å²) in [5.74, 6) is 0.731. The van der Waals surface area contributed by atoms with E-state index in [2.05, 4.69) is 4.98 Å². The summed E-state index contributed by atoms with van der Waals surface area (Å²) in [4.78, 5) is 4.00. The Labute approximate surface area is 77.2 Å². The molecule has 0 amide bonds. The molecule has 0 atom stereocenters. The van der Waals surface area contributed by atoms with E-state index in [0.717, 1.165) is 5.56 Å². The molecule has 3 N–H and O–H groups in total. The molecule has 70 valence electrons. The van der Waals surface area contributed by atoms with Crippen molar-refractivity contribution in [2.24, 2.45) is 5.73 Å². The first-order chi connectivity index (χ1) is 6.22. The molecule has 4 heteroatoms. The maximum absolute atomic E-state index is 7.12. The van der Waals surface area contributed by atoms with Crippen LogP contribution in [0.15, 0.2) is 18.3 Å². The number of ether oxygens (including phenoxy) is 1. The fourth-order valence-electron chi connectivity index (χ4n) is 1.01. The highest BCUT2D eigenvalue weighted by atomic mass is 16.5. The van der Waals surface area contributed by atoms with Crippen molar-refractivity contribution in [3.63, 3.8) is 0 Å². The van der Waals surface area contributed by atoms with Gasteiger partial charge in [0.25, 0.3) is 0 Å². The van der Waals surface area contributed by atoms with Gasteiger partial charge >= 0.3 is 0 Å². The van der Waals surface area contributed by atoms with Crippen LogP contribution in [0.25, 0.3) is 0 Å². The van der Waals surface area contributed by atoms with E-state index in [0.29, 0.717) is 18.9 Å². The Kier molecular flexibility index (Phi) is 3.25. The second-order valence-electron chi connectivity index (χ2n) is 2.64. The minimum absolute atomic E-state index is 0.147. The molecule has 0 bridgehead atoms. The van der Waals surface area contributed by atoms with E-state index in [1.54, 1.807) is 12.3 Å². The van der Waals surface area contributed by atoms with Gasteiger partial charge in [-0.3, -0.25) is 5.41 Å². The van der Waals surface area contributed by atoms with Crippen LogP contribution in [0.5, 0.6) is 5.88 Å². The van der Waals surface area contributed by atoms with Crippen molar-refractivity contribution in [2.75, 3.05) is 6.61 Å². The molecule has 0 aliphatic heterocycles. The maximum Gasteiger partial charge on any atom is 0.213 e. The van der Waals surface area contributed by atoms with Crippen molar-refractivity contribution in [3.8, 4) is 5.88 Å². The van der Waals surface area contributed by atoms with Gasteiger partial charge in [-0.15, -0.1) is 0 Å². The standard InChI is InChI=1S/C9H13N3O/c1-2-13-9-6-7(3-4-12-9)5-8(10)11/h3-4,6H,2,5H2,1H3,(H3,10,11). The third kappa shape index (κ3) is 3.11. The number of rotatable bonds is 4. The summed E-state index contributed by atoms with van der Waals surface area (Å²) in [5, 5.41) is 7.12. The second-order valence-corrected chi connectivity index (χ2v) is 2.64. The molecule has 1 aromatic rings. The van der Waals surface area contributed by atoms with E-state index in [1.807, 2.05) is 13.0 Å². The first-order valence-electron chi connectivity index (χ1n) is 4.13. The lowest BCUT2D eigenvalue weighted by Gasteiger charge is -2.03. The fourth-order valence-corrected chi connectivity index (χ4v) is 1.01. The van der Waals surface area contributed by atoms with Crippen LogP contribution in [0.3, 0.4) is 0 Å². The van der Waals surface area contributed by atoms with Crippen LogP contribution >= 0.6 is 0 Å². The van der Waals surface area contributed by atoms with Crippen molar-refractivity contribution in [2.45, 2.75) is 13.3 Å².